The highest BCUT2D eigenvalue weighted by atomic mass is 32.3. The van der Waals surface area contributed by atoms with Gasteiger partial charge in [0.05, 0.1) is 35.8 Å². The Hall–Kier alpha value is -3.29. The molecule has 8 nitrogen and oxygen atoms in total. The van der Waals surface area contributed by atoms with Crippen molar-refractivity contribution in [3.05, 3.63) is 95.1 Å². The molecule has 1 heterocycles. The van der Waals surface area contributed by atoms with E-state index in [0.29, 0.717) is 43.0 Å². The maximum atomic E-state index is 13.6. The molecule has 4 rings (SSSR count). The Morgan fingerprint density at radius 3 is 2.47 bits per heavy atom. The summed E-state index contributed by atoms with van der Waals surface area (Å²) < 4.78 is 67.8. The van der Waals surface area contributed by atoms with E-state index in [0.717, 1.165) is 24.1 Å². The van der Waals surface area contributed by atoms with Gasteiger partial charge in [-0.15, -0.1) is 10.8 Å². The van der Waals surface area contributed by atoms with Crippen molar-refractivity contribution in [1.82, 2.24) is 10.6 Å². The van der Waals surface area contributed by atoms with Crippen LogP contribution in [0.3, 0.4) is 0 Å². The Morgan fingerprint density at radius 2 is 1.77 bits per heavy atom. The smallest absolute Gasteiger partial charge is 0.416 e. The zero-order chi connectivity index (χ0) is 31.0. The Morgan fingerprint density at radius 1 is 1.02 bits per heavy atom. The first kappa shape index (κ1) is 32.6. The number of halogens is 3. The summed E-state index contributed by atoms with van der Waals surface area (Å²) in [5.74, 6) is 0.148. The zero-order valence-corrected chi connectivity index (χ0v) is 24.7. The summed E-state index contributed by atoms with van der Waals surface area (Å²) in [6, 6.07) is 18.3. The Labute approximate surface area is 251 Å². The number of benzene rings is 3. The van der Waals surface area contributed by atoms with E-state index in [9.17, 15) is 32.2 Å². The molecule has 0 saturated carbocycles. The lowest BCUT2D eigenvalue weighted by Crippen LogP contribution is -2.48. The molecule has 5 N–H and O–H groups in total. The van der Waals surface area contributed by atoms with Gasteiger partial charge in [-0.25, -0.2) is 0 Å². The second-order valence-corrected chi connectivity index (χ2v) is 12.6. The number of ether oxygens (including phenoxy) is 1. The summed E-state index contributed by atoms with van der Waals surface area (Å²) in [5.41, 5.74) is 1.22. The summed E-state index contributed by atoms with van der Waals surface area (Å²) >= 11 is 0. The van der Waals surface area contributed by atoms with Crippen molar-refractivity contribution in [3.8, 4) is 5.75 Å². The number of alkyl halides is 3. The van der Waals surface area contributed by atoms with Gasteiger partial charge in [0, 0.05) is 31.3 Å². The molecule has 0 spiro atoms. The summed E-state index contributed by atoms with van der Waals surface area (Å²) in [7, 11) is -3.04. The first-order chi connectivity index (χ1) is 20.5. The van der Waals surface area contributed by atoms with Crippen molar-refractivity contribution < 1.29 is 36.9 Å². The molecule has 0 aromatic heterocycles. The molecule has 0 radical (unpaired) electrons. The van der Waals surface area contributed by atoms with Crippen LogP contribution in [-0.4, -0.2) is 57.7 Å². The summed E-state index contributed by atoms with van der Waals surface area (Å²) in [5, 5.41) is 17.0. The van der Waals surface area contributed by atoms with Gasteiger partial charge in [0.15, 0.2) is 0 Å². The van der Waals surface area contributed by atoms with Crippen LogP contribution in [0.2, 0.25) is 0 Å². The topological polar surface area (TPSA) is 114 Å². The van der Waals surface area contributed by atoms with Crippen LogP contribution in [0.15, 0.2) is 72.8 Å². The van der Waals surface area contributed by atoms with Gasteiger partial charge < -0.3 is 20.5 Å². The van der Waals surface area contributed by atoms with Crippen LogP contribution < -0.4 is 19.7 Å². The third kappa shape index (κ3) is 9.10. The van der Waals surface area contributed by atoms with Gasteiger partial charge in [-0.1, -0.05) is 48.5 Å². The molecule has 1 aliphatic heterocycles. The van der Waals surface area contributed by atoms with Crippen LogP contribution in [0.1, 0.15) is 46.8 Å². The van der Waals surface area contributed by atoms with Crippen LogP contribution in [-0.2, 0) is 19.1 Å². The number of carbonyl (C=O) groups is 1. The predicted octanol–water partition coefficient (Wildman–Crippen LogP) is 5.86. The quantitative estimate of drug-likeness (QED) is 0.172. The maximum Gasteiger partial charge on any atom is 0.416 e. The SMILES string of the molecule is CCOc1cc(C(=O)N[C@@H](Cc2ccccc2)[C@H](O)CNCc2cccc(C(F)(F)F)c2)cc(N2CCCCS2(O)O)c1. The molecule has 12 heteroatoms. The van der Waals surface area contributed by atoms with Crippen LogP contribution in [0.5, 0.6) is 5.75 Å². The number of nitrogens with zero attached hydrogens (tertiary/aromatic N) is 1. The Bertz CT molecular complexity index is 1360. The van der Waals surface area contributed by atoms with E-state index < -0.39 is 40.6 Å². The first-order valence-corrected chi connectivity index (χ1v) is 15.8. The second-order valence-electron chi connectivity index (χ2n) is 10.5. The molecule has 1 saturated heterocycles. The van der Waals surface area contributed by atoms with E-state index >= 15 is 0 Å². The predicted molar refractivity (Wildman–Crippen MR) is 162 cm³/mol. The van der Waals surface area contributed by atoms with Crippen LogP contribution in [0.25, 0.3) is 0 Å². The van der Waals surface area contributed by atoms with Gasteiger partial charge in [-0.05, 0) is 55.5 Å². The van der Waals surface area contributed by atoms with Crippen molar-refractivity contribution in [3.63, 3.8) is 0 Å². The first-order valence-electron chi connectivity index (χ1n) is 14.2. The number of carbonyl (C=O) groups excluding carboxylic acids is 1. The number of rotatable bonds is 12. The maximum absolute atomic E-state index is 13.6. The average Bonchev–Trinajstić information content (AvgIpc) is 2.97. The molecule has 1 amide bonds. The van der Waals surface area contributed by atoms with Crippen LogP contribution in [0.4, 0.5) is 18.9 Å². The number of hydrogen-bond donors (Lipinski definition) is 5. The van der Waals surface area contributed by atoms with E-state index in [2.05, 4.69) is 10.6 Å². The average molecular weight is 622 g/mol. The molecule has 234 valence electrons. The normalized spacial score (nSPS) is 17.1. The minimum absolute atomic E-state index is 0.00689. The van der Waals surface area contributed by atoms with Crippen molar-refractivity contribution in [2.24, 2.45) is 0 Å². The fraction of sp³-hybridized carbons (Fsp3) is 0.387. The van der Waals surface area contributed by atoms with Gasteiger partial charge in [0.1, 0.15) is 5.75 Å². The van der Waals surface area contributed by atoms with Crippen molar-refractivity contribution in [2.45, 2.75) is 51.1 Å². The number of nitrogens with one attached hydrogen (secondary N) is 2. The van der Waals surface area contributed by atoms with E-state index in [1.165, 1.54) is 10.4 Å². The van der Waals surface area contributed by atoms with E-state index in [-0.39, 0.29) is 24.4 Å². The number of amides is 1. The molecule has 1 fully saturated rings. The lowest BCUT2D eigenvalue weighted by molar-refractivity contribution is -0.137. The van der Waals surface area contributed by atoms with Gasteiger partial charge in [-0.2, -0.15) is 13.2 Å². The molecule has 0 unspecified atom stereocenters. The molecule has 1 aliphatic rings. The monoisotopic (exact) mass is 621 g/mol. The lowest BCUT2D eigenvalue weighted by atomic mass is 10.00. The van der Waals surface area contributed by atoms with Gasteiger partial charge >= 0.3 is 6.18 Å². The second kappa shape index (κ2) is 14.5. The summed E-state index contributed by atoms with van der Waals surface area (Å²) in [6.07, 6.45) is -3.78. The fourth-order valence-electron chi connectivity index (χ4n) is 4.98. The number of aliphatic hydroxyl groups is 1. The van der Waals surface area contributed by atoms with Crippen molar-refractivity contribution in [1.29, 1.82) is 0 Å². The highest BCUT2D eigenvalue weighted by Crippen LogP contribution is 2.50. The van der Waals surface area contributed by atoms with Crippen molar-refractivity contribution in [2.75, 3.05) is 29.8 Å². The summed E-state index contributed by atoms with van der Waals surface area (Å²) in [4.78, 5) is 13.6. The zero-order valence-electron chi connectivity index (χ0n) is 23.9. The molecule has 2 atom stereocenters. The number of hydrogen-bond acceptors (Lipinski definition) is 7. The molecular formula is C31H38F3N3O5S. The molecule has 3 aromatic rings. The van der Waals surface area contributed by atoms with Crippen LogP contribution in [0, 0.1) is 0 Å². The van der Waals surface area contributed by atoms with E-state index in [1.807, 2.05) is 30.3 Å². The minimum Gasteiger partial charge on any atom is -0.494 e. The standard InChI is InChI=1S/C31H38F3N3O5S/c1-2-42-27-18-24(17-26(19-27)37-13-6-7-14-43(37,40)41)30(39)36-28(16-22-9-4-3-5-10-22)29(38)21-35-20-23-11-8-12-25(15-23)31(32,33)34/h3-5,8-12,15,17-19,28-29,35,38,40-41H,2,6-7,13-14,16,20-21H2,1H3,(H,36,39)/t28-,29+/m0/s1. The molecule has 0 bridgehead atoms. The number of anilines is 1. The van der Waals surface area contributed by atoms with E-state index in [4.69, 9.17) is 4.74 Å². The third-order valence-corrected chi connectivity index (χ3v) is 9.09. The molecule has 0 aliphatic carbocycles. The van der Waals surface area contributed by atoms with Gasteiger partial charge in [0.2, 0.25) is 0 Å². The van der Waals surface area contributed by atoms with Gasteiger partial charge in [0.25, 0.3) is 5.91 Å². The highest BCUT2D eigenvalue weighted by Gasteiger charge is 2.31. The van der Waals surface area contributed by atoms with Gasteiger partial charge in [-0.3, -0.25) is 18.2 Å². The fourth-order valence-corrected chi connectivity index (χ4v) is 6.66. The Kier molecular flexibility index (Phi) is 11.0. The molecule has 43 heavy (non-hydrogen) atoms. The van der Waals surface area contributed by atoms with E-state index in [1.54, 1.807) is 31.2 Å². The molecular weight excluding hydrogens is 583 g/mol. The lowest BCUT2D eigenvalue weighted by Gasteiger charge is -2.47. The summed E-state index contributed by atoms with van der Waals surface area (Å²) in [6.45, 7) is 2.67. The number of aliphatic hydroxyl groups excluding tert-OH is 1. The highest BCUT2D eigenvalue weighted by molar-refractivity contribution is 8.25. The Balaban J connectivity index is 1.51. The van der Waals surface area contributed by atoms with Crippen molar-refractivity contribution >= 4 is 22.4 Å². The van der Waals surface area contributed by atoms with Crippen LogP contribution >= 0.6 is 10.8 Å². The third-order valence-electron chi connectivity index (χ3n) is 7.15. The molecule has 3 aromatic carbocycles. The largest absolute Gasteiger partial charge is 0.494 e. The minimum atomic E-state index is -4.45.